The van der Waals surface area contributed by atoms with Gasteiger partial charge in [-0.15, -0.1) is 11.3 Å². The fourth-order valence-electron chi connectivity index (χ4n) is 2.47. The number of aromatic amines is 1. The van der Waals surface area contributed by atoms with Gasteiger partial charge in [-0.05, 0) is 25.1 Å². The number of nitrogens with two attached hydrogens (primary N) is 1. The summed E-state index contributed by atoms with van der Waals surface area (Å²) >= 11 is 1.59. The number of aromatic nitrogens is 3. The zero-order valence-electron chi connectivity index (χ0n) is 13.4. The van der Waals surface area contributed by atoms with E-state index >= 15 is 0 Å². The van der Waals surface area contributed by atoms with Crippen LogP contribution in [-0.2, 0) is 24.1 Å². The van der Waals surface area contributed by atoms with Crippen molar-refractivity contribution in [3.8, 4) is 0 Å². The lowest BCUT2D eigenvalue weighted by Gasteiger charge is -2.02. The number of benzene rings is 1. The largest absolute Gasteiger partial charge is 0.355 e. The lowest BCUT2D eigenvalue weighted by Crippen LogP contribution is -2.27. The minimum Gasteiger partial charge on any atom is -0.355 e. The molecule has 7 heteroatoms. The Bertz CT molecular complexity index is 777. The number of para-hydroxylation sites is 2. The summed E-state index contributed by atoms with van der Waals surface area (Å²) in [4.78, 5) is 24.2. The molecule has 0 atom stereocenters. The molecule has 0 unspecified atom stereocenters. The third-order valence-corrected chi connectivity index (χ3v) is 4.62. The summed E-state index contributed by atoms with van der Waals surface area (Å²) in [5.74, 6) is 0.871. The highest BCUT2D eigenvalue weighted by Crippen LogP contribution is 2.12. The molecule has 0 radical (unpaired) electrons. The standard InChI is InChI=1S/C17H21N5OS/c18-8-3-6-17-20-12(11-24-17)10-16(23)19-9-7-15-21-13-4-1-2-5-14(13)22-15/h1-2,4-5,11H,3,6-10,18H2,(H,19,23)(H,21,22). The van der Waals surface area contributed by atoms with Crippen molar-refractivity contribution < 1.29 is 4.79 Å². The normalized spacial score (nSPS) is 11.0. The monoisotopic (exact) mass is 343 g/mol. The molecule has 2 heterocycles. The summed E-state index contributed by atoms with van der Waals surface area (Å²) in [6, 6.07) is 7.90. The Morgan fingerprint density at radius 2 is 2.12 bits per heavy atom. The van der Waals surface area contributed by atoms with Crippen LogP contribution in [0.2, 0.25) is 0 Å². The topological polar surface area (TPSA) is 96.7 Å². The summed E-state index contributed by atoms with van der Waals surface area (Å²) < 4.78 is 0. The van der Waals surface area contributed by atoms with Crippen LogP contribution >= 0.6 is 11.3 Å². The SMILES string of the molecule is NCCCc1nc(CC(=O)NCCc2nc3ccccc3[nH]2)cs1. The predicted octanol–water partition coefficient (Wildman–Crippen LogP) is 1.81. The Morgan fingerprint density at radius 1 is 1.25 bits per heavy atom. The fraction of sp³-hybridized carbons (Fsp3) is 0.353. The third-order valence-electron chi connectivity index (χ3n) is 3.66. The minimum absolute atomic E-state index is 0.0122. The van der Waals surface area contributed by atoms with Crippen molar-refractivity contribution >= 4 is 28.3 Å². The Kier molecular flexibility index (Phi) is 5.55. The number of rotatable bonds is 8. The van der Waals surface area contributed by atoms with Crippen LogP contribution in [0.15, 0.2) is 29.6 Å². The molecule has 3 rings (SSSR count). The van der Waals surface area contributed by atoms with E-state index in [0.717, 1.165) is 40.4 Å². The smallest absolute Gasteiger partial charge is 0.226 e. The molecule has 1 amide bonds. The van der Waals surface area contributed by atoms with E-state index in [1.165, 1.54) is 0 Å². The van der Waals surface area contributed by atoms with E-state index < -0.39 is 0 Å². The number of aryl methyl sites for hydroxylation is 1. The third kappa shape index (κ3) is 4.39. The van der Waals surface area contributed by atoms with Gasteiger partial charge < -0.3 is 16.0 Å². The quantitative estimate of drug-likeness (QED) is 0.581. The maximum Gasteiger partial charge on any atom is 0.226 e. The van der Waals surface area contributed by atoms with Crippen molar-refractivity contribution in [1.29, 1.82) is 0 Å². The van der Waals surface area contributed by atoms with Crippen molar-refractivity contribution in [2.24, 2.45) is 5.73 Å². The number of carbonyl (C=O) groups excluding carboxylic acids is 1. The number of thiazole rings is 1. The van der Waals surface area contributed by atoms with Crippen molar-refractivity contribution in [2.45, 2.75) is 25.7 Å². The van der Waals surface area contributed by atoms with Crippen LogP contribution in [0.25, 0.3) is 11.0 Å². The minimum atomic E-state index is -0.0122. The average Bonchev–Trinajstić information content (AvgIpc) is 3.19. The molecule has 4 N–H and O–H groups in total. The first kappa shape index (κ1) is 16.6. The first-order chi connectivity index (χ1) is 11.7. The number of nitrogens with one attached hydrogen (secondary N) is 2. The second-order valence-electron chi connectivity index (χ2n) is 5.60. The van der Waals surface area contributed by atoms with Gasteiger partial charge in [0.15, 0.2) is 0 Å². The van der Waals surface area contributed by atoms with E-state index in [0.29, 0.717) is 25.9 Å². The molecule has 1 aromatic carbocycles. The van der Waals surface area contributed by atoms with Crippen LogP contribution in [-0.4, -0.2) is 33.9 Å². The average molecular weight is 343 g/mol. The van der Waals surface area contributed by atoms with Crippen LogP contribution in [0.4, 0.5) is 0 Å². The molecule has 3 aromatic rings. The summed E-state index contributed by atoms with van der Waals surface area (Å²) in [6.45, 7) is 1.22. The van der Waals surface area contributed by atoms with E-state index in [2.05, 4.69) is 20.3 Å². The summed E-state index contributed by atoms with van der Waals surface area (Å²) in [6.07, 6.45) is 2.81. The summed E-state index contributed by atoms with van der Waals surface area (Å²) in [5.41, 5.74) is 8.29. The lowest BCUT2D eigenvalue weighted by molar-refractivity contribution is -0.120. The van der Waals surface area contributed by atoms with Crippen molar-refractivity contribution in [1.82, 2.24) is 20.3 Å². The fourth-order valence-corrected chi connectivity index (χ4v) is 3.31. The molecular weight excluding hydrogens is 322 g/mol. The van der Waals surface area contributed by atoms with Crippen LogP contribution in [0, 0.1) is 0 Å². The Balaban J connectivity index is 1.44. The number of carbonyl (C=O) groups is 1. The highest BCUT2D eigenvalue weighted by molar-refractivity contribution is 7.09. The van der Waals surface area contributed by atoms with E-state index in [9.17, 15) is 4.79 Å². The van der Waals surface area contributed by atoms with Crippen molar-refractivity contribution in [3.05, 3.63) is 46.2 Å². The van der Waals surface area contributed by atoms with Gasteiger partial charge in [0.05, 0.1) is 28.2 Å². The number of imidazole rings is 1. The summed E-state index contributed by atoms with van der Waals surface area (Å²) in [5, 5.41) is 5.92. The lowest BCUT2D eigenvalue weighted by atomic mass is 10.3. The van der Waals surface area contributed by atoms with Gasteiger partial charge in [-0.1, -0.05) is 12.1 Å². The predicted molar refractivity (Wildman–Crippen MR) is 96.0 cm³/mol. The zero-order valence-corrected chi connectivity index (χ0v) is 14.2. The molecule has 24 heavy (non-hydrogen) atoms. The van der Waals surface area contributed by atoms with Crippen molar-refractivity contribution in [3.63, 3.8) is 0 Å². The van der Waals surface area contributed by atoms with E-state index in [4.69, 9.17) is 5.73 Å². The molecule has 6 nitrogen and oxygen atoms in total. The first-order valence-corrected chi connectivity index (χ1v) is 8.96. The van der Waals surface area contributed by atoms with Gasteiger partial charge in [-0.2, -0.15) is 0 Å². The van der Waals surface area contributed by atoms with Crippen molar-refractivity contribution in [2.75, 3.05) is 13.1 Å². The van der Waals surface area contributed by atoms with Gasteiger partial charge in [0, 0.05) is 24.8 Å². The molecule has 0 bridgehead atoms. The van der Waals surface area contributed by atoms with Crippen LogP contribution in [0.5, 0.6) is 0 Å². The molecule has 0 aliphatic heterocycles. The number of nitrogens with zero attached hydrogens (tertiary/aromatic N) is 2. The van der Waals surface area contributed by atoms with E-state index in [1.54, 1.807) is 11.3 Å². The summed E-state index contributed by atoms with van der Waals surface area (Å²) in [7, 11) is 0. The van der Waals surface area contributed by atoms with E-state index in [1.807, 2.05) is 29.6 Å². The van der Waals surface area contributed by atoms with Crippen LogP contribution in [0.3, 0.4) is 0 Å². The van der Waals surface area contributed by atoms with E-state index in [-0.39, 0.29) is 5.91 Å². The maximum absolute atomic E-state index is 12.0. The maximum atomic E-state index is 12.0. The van der Waals surface area contributed by atoms with Crippen LogP contribution in [0.1, 0.15) is 22.9 Å². The number of H-pyrrole nitrogens is 1. The van der Waals surface area contributed by atoms with Gasteiger partial charge in [-0.25, -0.2) is 9.97 Å². The number of amides is 1. The molecule has 0 aliphatic rings. The zero-order chi connectivity index (χ0) is 16.8. The highest BCUT2D eigenvalue weighted by Gasteiger charge is 2.08. The molecule has 126 valence electrons. The molecule has 0 fully saturated rings. The molecule has 0 aliphatic carbocycles. The van der Waals surface area contributed by atoms with Gasteiger partial charge >= 0.3 is 0 Å². The second-order valence-corrected chi connectivity index (χ2v) is 6.54. The van der Waals surface area contributed by atoms with Crippen LogP contribution < -0.4 is 11.1 Å². The first-order valence-electron chi connectivity index (χ1n) is 8.08. The highest BCUT2D eigenvalue weighted by atomic mass is 32.1. The Morgan fingerprint density at radius 3 is 2.96 bits per heavy atom. The number of fused-ring (bicyclic) bond motifs is 1. The van der Waals surface area contributed by atoms with Gasteiger partial charge in [0.1, 0.15) is 5.82 Å². The molecule has 0 spiro atoms. The molecule has 2 aromatic heterocycles. The number of hydrogen-bond acceptors (Lipinski definition) is 5. The van der Waals surface area contributed by atoms with Gasteiger partial charge in [0.2, 0.25) is 5.91 Å². The molecule has 0 saturated carbocycles. The molecule has 0 saturated heterocycles. The number of hydrogen-bond donors (Lipinski definition) is 3. The second kappa shape index (κ2) is 8.03. The van der Waals surface area contributed by atoms with Gasteiger partial charge in [-0.3, -0.25) is 4.79 Å². The molecular formula is C17H21N5OS. The Hall–Kier alpha value is -2.25. The van der Waals surface area contributed by atoms with Gasteiger partial charge in [0.25, 0.3) is 0 Å². The Labute approximate surface area is 144 Å².